The van der Waals surface area contributed by atoms with Crippen molar-refractivity contribution in [2.24, 2.45) is 11.7 Å². The minimum atomic E-state index is 0. The van der Waals surface area contributed by atoms with E-state index in [0.717, 1.165) is 41.9 Å². The first kappa shape index (κ1) is 15.3. The van der Waals surface area contributed by atoms with E-state index in [1.165, 1.54) is 12.8 Å². The molecule has 1 aromatic carbocycles. The van der Waals surface area contributed by atoms with Gasteiger partial charge in [-0.15, -0.1) is 12.4 Å². The summed E-state index contributed by atoms with van der Waals surface area (Å²) in [6.07, 6.45) is 4.93. The highest BCUT2D eigenvalue weighted by Crippen LogP contribution is 2.40. The molecule has 3 N–H and O–H groups in total. The molecule has 0 bridgehead atoms. The molecule has 22 heavy (non-hydrogen) atoms. The van der Waals surface area contributed by atoms with Crippen LogP contribution in [-0.2, 0) is 4.79 Å². The number of carbonyl (C=O) groups excluding carboxylic acids is 1. The minimum Gasteiger partial charge on any atom is -0.440 e. The van der Waals surface area contributed by atoms with E-state index in [4.69, 9.17) is 10.2 Å². The average molecular weight is 322 g/mol. The van der Waals surface area contributed by atoms with Gasteiger partial charge in [0.15, 0.2) is 11.5 Å². The number of rotatable bonds is 3. The maximum atomic E-state index is 12.2. The third-order valence-electron chi connectivity index (χ3n) is 4.44. The second-order valence-electron chi connectivity index (χ2n) is 6.27. The molecule has 2 aliphatic carbocycles. The number of oxazole rings is 1. The van der Waals surface area contributed by atoms with Gasteiger partial charge >= 0.3 is 0 Å². The van der Waals surface area contributed by atoms with Crippen LogP contribution >= 0.6 is 12.4 Å². The number of carbonyl (C=O) groups is 1. The summed E-state index contributed by atoms with van der Waals surface area (Å²) in [4.78, 5) is 16.7. The van der Waals surface area contributed by atoms with Crippen molar-refractivity contribution in [3.05, 3.63) is 24.1 Å². The van der Waals surface area contributed by atoms with Gasteiger partial charge in [-0.1, -0.05) is 0 Å². The highest BCUT2D eigenvalue weighted by atomic mass is 35.5. The summed E-state index contributed by atoms with van der Waals surface area (Å²) >= 11 is 0. The van der Waals surface area contributed by atoms with Gasteiger partial charge in [0.1, 0.15) is 5.52 Å². The molecule has 0 aliphatic heterocycles. The first-order chi connectivity index (χ1) is 10.2. The van der Waals surface area contributed by atoms with Crippen LogP contribution < -0.4 is 11.1 Å². The van der Waals surface area contributed by atoms with Crippen molar-refractivity contribution in [2.45, 2.75) is 44.1 Å². The summed E-state index contributed by atoms with van der Waals surface area (Å²) < 4.78 is 5.73. The lowest BCUT2D eigenvalue weighted by molar-refractivity contribution is -0.119. The summed E-state index contributed by atoms with van der Waals surface area (Å²) in [5.74, 6) is 1.42. The number of benzene rings is 1. The zero-order chi connectivity index (χ0) is 14.4. The standard InChI is InChI=1S/C16H19N3O2.ClH/c17-11-4-3-10(7-11)15(20)18-12-5-6-14-13(8-12)19-16(21-14)9-1-2-9;/h5-6,8-11H,1-4,7,17H2,(H,18,20);1H. The Morgan fingerprint density at radius 3 is 2.77 bits per heavy atom. The van der Waals surface area contributed by atoms with E-state index in [1.807, 2.05) is 18.2 Å². The second kappa shape index (κ2) is 5.89. The van der Waals surface area contributed by atoms with Crippen molar-refractivity contribution in [3.63, 3.8) is 0 Å². The number of amides is 1. The summed E-state index contributed by atoms with van der Waals surface area (Å²) in [5, 5.41) is 2.97. The Labute approximate surface area is 135 Å². The number of hydrogen-bond acceptors (Lipinski definition) is 4. The zero-order valence-electron chi connectivity index (χ0n) is 12.2. The van der Waals surface area contributed by atoms with Gasteiger partial charge < -0.3 is 15.5 Å². The first-order valence-corrected chi connectivity index (χ1v) is 7.66. The van der Waals surface area contributed by atoms with Crippen LogP contribution in [0.3, 0.4) is 0 Å². The van der Waals surface area contributed by atoms with Crippen LogP contribution in [0, 0.1) is 5.92 Å². The van der Waals surface area contributed by atoms with Crippen LogP contribution in [0.15, 0.2) is 22.6 Å². The minimum absolute atomic E-state index is 0. The first-order valence-electron chi connectivity index (χ1n) is 7.66. The molecular formula is C16H20ClN3O2. The van der Waals surface area contributed by atoms with Crippen LogP contribution in [0.5, 0.6) is 0 Å². The van der Waals surface area contributed by atoms with Crippen LogP contribution in [0.25, 0.3) is 11.1 Å². The molecule has 2 saturated carbocycles. The summed E-state index contributed by atoms with van der Waals surface area (Å²) in [7, 11) is 0. The number of fused-ring (bicyclic) bond motifs is 1. The zero-order valence-corrected chi connectivity index (χ0v) is 13.1. The summed E-state index contributed by atoms with van der Waals surface area (Å²) in [6, 6.07) is 5.80. The largest absolute Gasteiger partial charge is 0.440 e. The summed E-state index contributed by atoms with van der Waals surface area (Å²) in [5.41, 5.74) is 8.25. The number of nitrogens with one attached hydrogen (secondary N) is 1. The molecule has 1 amide bonds. The van der Waals surface area contributed by atoms with Crippen molar-refractivity contribution in [3.8, 4) is 0 Å². The van der Waals surface area contributed by atoms with E-state index in [0.29, 0.717) is 5.92 Å². The molecule has 118 valence electrons. The third kappa shape index (κ3) is 2.96. The lowest BCUT2D eigenvalue weighted by Crippen LogP contribution is -2.23. The number of aromatic nitrogens is 1. The maximum Gasteiger partial charge on any atom is 0.227 e. The number of halogens is 1. The van der Waals surface area contributed by atoms with Crippen LogP contribution in [0.1, 0.15) is 43.9 Å². The van der Waals surface area contributed by atoms with E-state index in [2.05, 4.69) is 10.3 Å². The molecule has 4 rings (SSSR count). The Bertz CT molecular complexity index is 696. The van der Waals surface area contributed by atoms with Crippen molar-refractivity contribution < 1.29 is 9.21 Å². The topological polar surface area (TPSA) is 81.2 Å². The number of nitrogens with zero attached hydrogens (tertiary/aromatic N) is 1. The molecular weight excluding hydrogens is 302 g/mol. The molecule has 2 atom stereocenters. The van der Waals surface area contributed by atoms with E-state index in [-0.39, 0.29) is 30.3 Å². The molecule has 2 unspecified atom stereocenters. The van der Waals surface area contributed by atoms with Gasteiger partial charge in [0.2, 0.25) is 5.91 Å². The quantitative estimate of drug-likeness (QED) is 0.909. The van der Waals surface area contributed by atoms with E-state index in [9.17, 15) is 4.79 Å². The average Bonchev–Trinajstić information content (AvgIpc) is 3.09. The highest BCUT2D eigenvalue weighted by molar-refractivity contribution is 5.94. The molecule has 2 fully saturated rings. The van der Waals surface area contributed by atoms with Crippen LogP contribution in [0.2, 0.25) is 0 Å². The number of anilines is 1. The van der Waals surface area contributed by atoms with Crippen LogP contribution in [-0.4, -0.2) is 16.9 Å². The smallest absolute Gasteiger partial charge is 0.227 e. The van der Waals surface area contributed by atoms with Crippen molar-refractivity contribution in [2.75, 3.05) is 5.32 Å². The third-order valence-corrected chi connectivity index (χ3v) is 4.44. The van der Waals surface area contributed by atoms with E-state index < -0.39 is 0 Å². The van der Waals surface area contributed by atoms with E-state index >= 15 is 0 Å². The van der Waals surface area contributed by atoms with Gasteiger partial charge in [-0.3, -0.25) is 4.79 Å². The number of nitrogens with two attached hydrogens (primary N) is 1. The fraction of sp³-hybridized carbons (Fsp3) is 0.500. The Morgan fingerprint density at radius 2 is 2.09 bits per heavy atom. The maximum absolute atomic E-state index is 12.2. The second-order valence-corrected chi connectivity index (χ2v) is 6.27. The summed E-state index contributed by atoms with van der Waals surface area (Å²) in [6.45, 7) is 0. The molecule has 1 aromatic heterocycles. The van der Waals surface area contributed by atoms with Crippen molar-refractivity contribution >= 4 is 35.1 Å². The lowest BCUT2D eigenvalue weighted by Gasteiger charge is -2.10. The van der Waals surface area contributed by atoms with Gasteiger partial charge in [0.25, 0.3) is 0 Å². The van der Waals surface area contributed by atoms with Gasteiger partial charge in [0, 0.05) is 23.6 Å². The molecule has 2 aromatic rings. The van der Waals surface area contributed by atoms with Gasteiger partial charge in [-0.05, 0) is 50.3 Å². The van der Waals surface area contributed by atoms with E-state index in [1.54, 1.807) is 0 Å². The van der Waals surface area contributed by atoms with Gasteiger partial charge in [0.05, 0.1) is 0 Å². The monoisotopic (exact) mass is 321 g/mol. The number of hydrogen-bond donors (Lipinski definition) is 2. The molecule has 5 nitrogen and oxygen atoms in total. The molecule has 0 radical (unpaired) electrons. The predicted molar refractivity (Wildman–Crippen MR) is 87.2 cm³/mol. The molecule has 6 heteroatoms. The lowest BCUT2D eigenvalue weighted by atomic mass is 10.1. The van der Waals surface area contributed by atoms with Crippen molar-refractivity contribution in [1.29, 1.82) is 0 Å². The molecule has 1 heterocycles. The fourth-order valence-electron chi connectivity index (χ4n) is 3.03. The molecule has 0 saturated heterocycles. The Kier molecular flexibility index (Phi) is 4.10. The van der Waals surface area contributed by atoms with Gasteiger partial charge in [-0.2, -0.15) is 0 Å². The normalized spacial score (nSPS) is 24.2. The SMILES string of the molecule is Cl.NC1CCC(C(=O)Nc2ccc3oc(C4CC4)nc3c2)C1. The predicted octanol–water partition coefficient (Wildman–Crippen LogP) is 3.19. The fourth-order valence-corrected chi connectivity index (χ4v) is 3.03. The van der Waals surface area contributed by atoms with Crippen molar-refractivity contribution in [1.82, 2.24) is 4.98 Å². The van der Waals surface area contributed by atoms with Crippen LogP contribution in [0.4, 0.5) is 5.69 Å². The van der Waals surface area contributed by atoms with Gasteiger partial charge in [-0.25, -0.2) is 4.98 Å². The Balaban J connectivity index is 0.00000144. The molecule has 2 aliphatic rings. The Hall–Kier alpha value is -1.59. The highest BCUT2D eigenvalue weighted by Gasteiger charge is 2.29. The molecule has 0 spiro atoms. The Morgan fingerprint density at radius 1 is 1.27 bits per heavy atom.